The van der Waals surface area contributed by atoms with Crippen LogP contribution in [0, 0.1) is 6.92 Å². The molecule has 1 unspecified atom stereocenters. The van der Waals surface area contributed by atoms with Crippen LogP contribution in [0.15, 0.2) is 59.8 Å². The van der Waals surface area contributed by atoms with Crippen molar-refractivity contribution >= 4 is 34.2 Å². The van der Waals surface area contributed by atoms with E-state index >= 15 is 0 Å². The third-order valence-electron chi connectivity index (χ3n) is 6.08. The van der Waals surface area contributed by atoms with Crippen LogP contribution in [0.3, 0.4) is 0 Å². The molecule has 5 rings (SSSR count). The molecule has 0 saturated carbocycles. The Bertz CT molecular complexity index is 1250. The SMILES string of the molecule is Cc1nc2c3ccccc3nc(SCC(=O)N3CCN(C(C)c4ccccc4)CC3)n2n1. The molecule has 1 atom stereocenters. The summed E-state index contributed by atoms with van der Waals surface area (Å²) in [7, 11) is 0. The Morgan fingerprint density at radius 3 is 2.50 bits per heavy atom. The molecule has 164 valence electrons. The first-order valence-corrected chi connectivity index (χ1v) is 11.9. The first-order chi connectivity index (χ1) is 15.6. The monoisotopic (exact) mass is 446 g/mol. The van der Waals surface area contributed by atoms with Gasteiger partial charge in [0.15, 0.2) is 10.8 Å². The van der Waals surface area contributed by atoms with Crippen molar-refractivity contribution in [2.45, 2.75) is 25.0 Å². The zero-order valence-electron chi connectivity index (χ0n) is 18.3. The molecule has 0 spiro atoms. The molecule has 2 aromatic heterocycles. The molecule has 0 N–H and O–H groups in total. The minimum absolute atomic E-state index is 0.141. The lowest BCUT2D eigenvalue weighted by Crippen LogP contribution is -2.49. The second kappa shape index (κ2) is 8.88. The number of carbonyl (C=O) groups is 1. The van der Waals surface area contributed by atoms with Crippen molar-refractivity contribution in [3.63, 3.8) is 0 Å². The molecular weight excluding hydrogens is 420 g/mol. The van der Waals surface area contributed by atoms with Gasteiger partial charge in [-0.15, -0.1) is 5.10 Å². The molecule has 4 aromatic rings. The molecule has 1 fully saturated rings. The van der Waals surface area contributed by atoms with Gasteiger partial charge in [0, 0.05) is 37.6 Å². The summed E-state index contributed by atoms with van der Waals surface area (Å²) in [5.74, 6) is 1.18. The summed E-state index contributed by atoms with van der Waals surface area (Å²) < 4.78 is 1.76. The summed E-state index contributed by atoms with van der Waals surface area (Å²) >= 11 is 1.43. The van der Waals surface area contributed by atoms with Gasteiger partial charge in [-0.25, -0.2) is 9.97 Å². The van der Waals surface area contributed by atoms with Crippen molar-refractivity contribution in [2.24, 2.45) is 0 Å². The highest BCUT2D eigenvalue weighted by molar-refractivity contribution is 7.99. The van der Waals surface area contributed by atoms with E-state index in [9.17, 15) is 4.79 Å². The molecule has 7 nitrogen and oxygen atoms in total. The maximum absolute atomic E-state index is 12.9. The van der Waals surface area contributed by atoms with Gasteiger partial charge in [-0.05, 0) is 31.5 Å². The molecule has 1 aliphatic heterocycles. The number of para-hydroxylation sites is 1. The van der Waals surface area contributed by atoms with Gasteiger partial charge in [0.05, 0.1) is 11.3 Å². The predicted octanol–water partition coefficient (Wildman–Crippen LogP) is 3.58. The molecule has 32 heavy (non-hydrogen) atoms. The van der Waals surface area contributed by atoms with Crippen LogP contribution in [0.4, 0.5) is 0 Å². The summed E-state index contributed by atoms with van der Waals surface area (Å²) in [6, 6.07) is 18.8. The van der Waals surface area contributed by atoms with E-state index in [0.29, 0.717) is 22.8 Å². The van der Waals surface area contributed by atoms with Crippen molar-refractivity contribution in [1.82, 2.24) is 29.4 Å². The Kier molecular flexibility index (Phi) is 5.80. The minimum atomic E-state index is 0.141. The Morgan fingerprint density at radius 2 is 1.72 bits per heavy atom. The standard InChI is InChI=1S/C24H26N6OS/c1-17(19-8-4-3-5-9-19)28-12-14-29(15-13-28)22(31)16-32-24-26-21-11-7-6-10-20(21)23-25-18(2)27-30(23)24/h3-11,17H,12-16H2,1-2H3. The summed E-state index contributed by atoms with van der Waals surface area (Å²) in [5.41, 5.74) is 2.97. The van der Waals surface area contributed by atoms with Gasteiger partial charge in [0.2, 0.25) is 5.91 Å². The number of nitrogens with zero attached hydrogens (tertiary/aromatic N) is 6. The number of amides is 1. The predicted molar refractivity (Wildman–Crippen MR) is 127 cm³/mol. The fourth-order valence-electron chi connectivity index (χ4n) is 4.25. The van der Waals surface area contributed by atoms with Crippen molar-refractivity contribution in [1.29, 1.82) is 0 Å². The van der Waals surface area contributed by atoms with Crippen molar-refractivity contribution in [2.75, 3.05) is 31.9 Å². The molecule has 0 radical (unpaired) electrons. The number of benzene rings is 2. The number of fused-ring (bicyclic) bond motifs is 3. The summed E-state index contributed by atoms with van der Waals surface area (Å²) in [5, 5.41) is 6.17. The maximum atomic E-state index is 12.9. The van der Waals surface area contributed by atoms with E-state index in [1.807, 2.05) is 42.2 Å². The van der Waals surface area contributed by atoms with E-state index in [2.05, 4.69) is 46.2 Å². The van der Waals surface area contributed by atoms with Crippen LogP contribution in [0.2, 0.25) is 0 Å². The van der Waals surface area contributed by atoms with Crippen molar-refractivity contribution in [3.8, 4) is 0 Å². The Morgan fingerprint density at radius 1 is 1.00 bits per heavy atom. The Hall–Kier alpha value is -2.97. The normalized spacial score (nSPS) is 16.0. The van der Waals surface area contributed by atoms with Gasteiger partial charge in [-0.1, -0.05) is 54.2 Å². The third-order valence-corrected chi connectivity index (χ3v) is 6.99. The fourth-order valence-corrected chi connectivity index (χ4v) is 5.09. The number of aromatic nitrogens is 4. The van der Waals surface area contributed by atoms with E-state index in [-0.39, 0.29) is 5.91 Å². The lowest BCUT2D eigenvalue weighted by molar-refractivity contribution is -0.130. The van der Waals surface area contributed by atoms with Gasteiger partial charge >= 0.3 is 0 Å². The van der Waals surface area contributed by atoms with Gasteiger partial charge < -0.3 is 4.90 Å². The second-order valence-corrected chi connectivity index (χ2v) is 9.04. The van der Waals surface area contributed by atoms with Gasteiger partial charge in [-0.2, -0.15) is 4.52 Å². The topological polar surface area (TPSA) is 66.6 Å². The average Bonchev–Trinajstić information content (AvgIpc) is 3.24. The highest BCUT2D eigenvalue weighted by Crippen LogP contribution is 2.25. The number of hydrogen-bond acceptors (Lipinski definition) is 6. The zero-order valence-corrected chi connectivity index (χ0v) is 19.1. The number of hydrogen-bond donors (Lipinski definition) is 0. The molecule has 8 heteroatoms. The second-order valence-electron chi connectivity index (χ2n) is 8.10. The lowest BCUT2D eigenvalue weighted by Gasteiger charge is -2.38. The number of rotatable bonds is 5. The van der Waals surface area contributed by atoms with E-state index in [0.717, 1.165) is 42.7 Å². The lowest BCUT2D eigenvalue weighted by atomic mass is 10.1. The summed E-state index contributed by atoms with van der Waals surface area (Å²) in [6.45, 7) is 7.37. The van der Waals surface area contributed by atoms with Crippen molar-refractivity contribution < 1.29 is 4.79 Å². The van der Waals surface area contributed by atoms with Gasteiger partial charge in [0.25, 0.3) is 0 Å². The molecule has 0 bridgehead atoms. The molecule has 0 aliphatic carbocycles. The van der Waals surface area contributed by atoms with Crippen LogP contribution >= 0.6 is 11.8 Å². The molecule has 1 saturated heterocycles. The highest BCUT2D eigenvalue weighted by atomic mass is 32.2. The Labute approximate surface area is 191 Å². The number of thioether (sulfide) groups is 1. The van der Waals surface area contributed by atoms with Crippen molar-refractivity contribution in [3.05, 3.63) is 66.0 Å². The van der Waals surface area contributed by atoms with E-state index < -0.39 is 0 Å². The summed E-state index contributed by atoms with van der Waals surface area (Å²) in [4.78, 5) is 26.7. The number of aryl methyl sites for hydroxylation is 1. The minimum Gasteiger partial charge on any atom is -0.339 e. The van der Waals surface area contributed by atoms with Crippen LogP contribution in [0.1, 0.15) is 24.4 Å². The number of piperazine rings is 1. The van der Waals surface area contributed by atoms with Crippen LogP contribution < -0.4 is 0 Å². The van der Waals surface area contributed by atoms with Gasteiger partial charge in [0.1, 0.15) is 5.82 Å². The largest absolute Gasteiger partial charge is 0.339 e. The average molecular weight is 447 g/mol. The van der Waals surface area contributed by atoms with Gasteiger partial charge in [-0.3, -0.25) is 9.69 Å². The fraction of sp³-hybridized carbons (Fsp3) is 0.333. The highest BCUT2D eigenvalue weighted by Gasteiger charge is 2.25. The Balaban J connectivity index is 1.24. The number of carbonyl (C=O) groups excluding carboxylic acids is 1. The van der Waals surface area contributed by atoms with Crippen LogP contribution in [0.5, 0.6) is 0 Å². The van der Waals surface area contributed by atoms with E-state index in [4.69, 9.17) is 4.98 Å². The summed E-state index contributed by atoms with van der Waals surface area (Å²) in [6.07, 6.45) is 0. The zero-order chi connectivity index (χ0) is 22.1. The molecular formula is C24H26N6OS. The maximum Gasteiger partial charge on any atom is 0.233 e. The smallest absolute Gasteiger partial charge is 0.233 e. The first-order valence-electron chi connectivity index (χ1n) is 10.9. The molecule has 2 aromatic carbocycles. The third kappa shape index (κ3) is 4.08. The first kappa shape index (κ1) is 20.9. The molecule has 3 heterocycles. The van der Waals surface area contributed by atoms with Crippen LogP contribution in [-0.2, 0) is 4.79 Å². The van der Waals surface area contributed by atoms with Crippen LogP contribution in [-0.4, -0.2) is 67.2 Å². The molecule has 1 amide bonds. The van der Waals surface area contributed by atoms with E-state index in [1.54, 1.807) is 4.52 Å². The van der Waals surface area contributed by atoms with E-state index in [1.165, 1.54) is 17.3 Å². The quantitative estimate of drug-likeness (QED) is 0.345. The molecule has 1 aliphatic rings. The van der Waals surface area contributed by atoms with Crippen LogP contribution in [0.25, 0.3) is 16.6 Å².